The maximum atomic E-state index is 12.7. The molecule has 0 bridgehead atoms. The smallest absolute Gasteiger partial charge is 0.168 e. The van der Waals surface area contributed by atoms with E-state index >= 15 is 0 Å². The van der Waals surface area contributed by atoms with Crippen molar-refractivity contribution in [2.24, 2.45) is 5.92 Å². The van der Waals surface area contributed by atoms with Crippen molar-refractivity contribution in [1.29, 1.82) is 0 Å². The maximum absolute atomic E-state index is 12.7. The number of halogens is 1. The van der Waals surface area contributed by atoms with Crippen molar-refractivity contribution >= 4 is 17.4 Å². The lowest BCUT2D eigenvalue weighted by Crippen LogP contribution is -2.33. The Hall–Kier alpha value is -0.860. The predicted molar refractivity (Wildman–Crippen MR) is 77.9 cm³/mol. The van der Waals surface area contributed by atoms with Crippen molar-refractivity contribution in [3.63, 3.8) is 0 Å². The van der Waals surface area contributed by atoms with Crippen LogP contribution in [-0.2, 0) is 4.74 Å². The molecule has 0 spiro atoms. The number of ketones is 1. The lowest BCUT2D eigenvalue weighted by atomic mass is 9.81. The second kappa shape index (κ2) is 4.60. The highest BCUT2D eigenvalue weighted by Gasteiger charge is 2.49. The standard InChI is InChI=1S/C16H21ClO2/c1-10-6-7-11(8-13(10)17)14(18)12-9-15(2,3)19-16(12,4)5/h6-8,12H,9H2,1-5H3. The minimum Gasteiger partial charge on any atom is -0.369 e. The predicted octanol–water partition coefficient (Wildman–Crippen LogP) is 4.42. The Balaban J connectivity index is 2.31. The normalized spacial score (nSPS) is 24.4. The molecule has 1 heterocycles. The third-order valence-corrected chi connectivity index (χ3v) is 4.25. The largest absolute Gasteiger partial charge is 0.369 e. The summed E-state index contributed by atoms with van der Waals surface area (Å²) >= 11 is 6.11. The monoisotopic (exact) mass is 280 g/mol. The maximum Gasteiger partial charge on any atom is 0.168 e. The van der Waals surface area contributed by atoms with Gasteiger partial charge in [0.15, 0.2) is 5.78 Å². The molecule has 0 amide bonds. The summed E-state index contributed by atoms with van der Waals surface area (Å²) in [5.74, 6) is -0.00116. The number of ether oxygens (including phenoxy) is 1. The van der Waals surface area contributed by atoms with E-state index in [1.54, 1.807) is 6.07 Å². The van der Waals surface area contributed by atoms with Crippen LogP contribution in [0.1, 0.15) is 50.0 Å². The van der Waals surface area contributed by atoms with Gasteiger partial charge in [0, 0.05) is 10.6 Å². The van der Waals surface area contributed by atoms with Gasteiger partial charge in [0.1, 0.15) is 0 Å². The van der Waals surface area contributed by atoms with Gasteiger partial charge in [-0.3, -0.25) is 4.79 Å². The SMILES string of the molecule is Cc1ccc(C(=O)C2CC(C)(C)OC2(C)C)cc1Cl. The van der Waals surface area contributed by atoms with Crippen molar-refractivity contribution in [2.75, 3.05) is 0 Å². The molecule has 0 saturated carbocycles. The molecule has 0 aromatic heterocycles. The highest BCUT2D eigenvalue weighted by molar-refractivity contribution is 6.31. The summed E-state index contributed by atoms with van der Waals surface area (Å²) in [7, 11) is 0. The second-order valence-corrected chi connectivity index (χ2v) is 6.96. The Morgan fingerprint density at radius 3 is 2.42 bits per heavy atom. The topological polar surface area (TPSA) is 26.3 Å². The van der Waals surface area contributed by atoms with Crippen molar-refractivity contribution in [3.05, 3.63) is 34.3 Å². The first-order valence-corrected chi connectivity index (χ1v) is 7.01. The molecule has 1 aromatic rings. The quantitative estimate of drug-likeness (QED) is 0.750. The van der Waals surface area contributed by atoms with E-state index in [9.17, 15) is 4.79 Å². The van der Waals surface area contributed by atoms with Crippen molar-refractivity contribution < 1.29 is 9.53 Å². The van der Waals surface area contributed by atoms with Crippen LogP contribution < -0.4 is 0 Å². The van der Waals surface area contributed by atoms with E-state index in [0.717, 1.165) is 12.0 Å². The Kier molecular flexibility index (Phi) is 3.53. The van der Waals surface area contributed by atoms with Gasteiger partial charge < -0.3 is 4.74 Å². The number of carbonyl (C=O) groups is 1. The fraction of sp³-hybridized carbons (Fsp3) is 0.562. The molecule has 0 N–H and O–H groups in total. The molecule has 2 nitrogen and oxygen atoms in total. The lowest BCUT2D eigenvalue weighted by molar-refractivity contribution is -0.0712. The first-order chi connectivity index (χ1) is 8.62. The number of hydrogen-bond donors (Lipinski definition) is 0. The molecule has 1 atom stereocenters. The molecule has 104 valence electrons. The van der Waals surface area contributed by atoms with Crippen LogP contribution in [0.2, 0.25) is 5.02 Å². The molecule has 19 heavy (non-hydrogen) atoms. The summed E-state index contributed by atoms with van der Waals surface area (Å²) in [6.45, 7) is 9.97. The van der Waals surface area contributed by atoms with Gasteiger partial charge in [-0.25, -0.2) is 0 Å². The van der Waals surface area contributed by atoms with E-state index in [-0.39, 0.29) is 17.3 Å². The lowest BCUT2D eigenvalue weighted by Gasteiger charge is -2.26. The fourth-order valence-electron chi connectivity index (χ4n) is 2.92. The van der Waals surface area contributed by atoms with Crippen LogP contribution in [0.3, 0.4) is 0 Å². The Morgan fingerprint density at radius 2 is 1.95 bits per heavy atom. The van der Waals surface area contributed by atoms with Crippen molar-refractivity contribution in [3.8, 4) is 0 Å². The molecule has 0 radical (unpaired) electrons. The van der Waals surface area contributed by atoms with Crippen LogP contribution in [0.25, 0.3) is 0 Å². The van der Waals surface area contributed by atoms with Gasteiger partial charge in [-0.1, -0.05) is 23.7 Å². The van der Waals surface area contributed by atoms with Crippen molar-refractivity contribution in [2.45, 2.75) is 52.2 Å². The van der Waals surface area contributed by atoms with Crippen LogP contribution in [0, 0.1) is 12.8 Å². The number of Topliss-reactive ketones (excluding diaryl/α,β-unsaturated/α-hetero) is 1. The van der Waals surface area contributed by atoms with Gasteiger partial charge in [0.2, 0.25) is 0 Å². The summed E-state index contributed by atoms with van der Waals surface area (Å²) in [6.07, 6.45) is 0.740. The van der Waals surface area contributed by atoms with Crippen LogP contribution >= 0.6 is 11.6 Å². The van der Waals surface area contributed by atoms with Crippen LogP contribution in [0.4, 0.5) is 0 Å². The van der Waals surface area contributed by atoms with E-state index in [1.165, 1.54) is 0 Å². The Bertz CT molecular complexity index is 517. The summed E-state index contributed by atoms with van der Waals surface area (Å²) in [4.78, 5) is 12.7. The molecular weight excluding hydrogens is 260 g/mol. The van der Waals surface area contributed by atoms with Crippen LogP contribution in [0.15, 0.2) is 18.2 Å². The highest BCUT2D eigenvalue weighted by atomic mass is 35.5. The van der Waals surface area contributed by atoms with E-state index in [4.69, 9.17) is 16.3 Å². The average Bonchev–Trinajstić information content (AvgIpc) is 2.49. The zero-order chi connectivity index (χ0) is 14.4. The van der Waals surface area contributed by atoms with Crippen LogP contribution in [-0.4, -0.2) is 17.0 Å². The summed E-state index contributed by atoms with van der Waals surface area (Å²) in [6, 6.07) is 5.51. The first kappa shape index (κ1) is 14.5. The van der Waals surface area contributed by atoms with E-state index in [2.05, 4.69) is 0 Å². The van der Waals surface area contributed by atoms with Gasteiger partial charge in [-0.05, 0) is 52.7 Å². The van der Waals surface area contributed by atoms with Gasteiger partial charge >= 0.3 is 0 Å². The number of benzene rings is 1. The summed E-state index contributed by atoms with van der Waals surface area (Å²) in [5.41, 5.74) is 0.978. The molecule has 2 rings (SSSR count). The Morgan fingerprint density at radius 1 is 1.32 bits per heavy atom. The Labute approximate surface area is 120 Å². The van der Waals surface area contributed by atoms with Crippen molar-refractivity contribution in [1.82, 2.24) is 0 Å². The fourth-order valence-corrected chi connectivity index (χ4v) is 3.10. The van der Waals surface area contributed by atoms with Gasteiger partial charge in [-0.15, -0.1) is 0 Å². The highest BCUT2D eigenvalue weighted by Crippen LogP contribution is 2.43. The van der Waals surface area contributed by atoms with Gasteiger partial charge in [-0.2, -0.15) is 0 Å². The third kappa shape index (κ3) is 2.85. The van der Waals surface area contributed by atoms with Crippen LogP contribution in [0.5, 0.6) is 0 Å². The minimum atomic E-state index is -0.433. The van der Waals surface area contributed by atoms with E-state index in [0.29, 0.717) is 10.6 Å². The number of rotatable bonds is 2. The molecule has 1 aliphatic rings. The first-order valence-electron chi connectivity index (χ1n) is 6.63. The molecule has 1 saturated heterocycles. The molecular formula is C16H21ClO2. The average molecular weight is 281 g/mol. The zero-order valence-corrected chi connectivity index (χ0v) is 13.0. The van der Waals surface area contributed by atoms with E-state index < -0.39 is 5.60 Å². The zero-order valence-electron chi connectivity index (χ0n) is 12.2. The molecule has 3 heteroatoms. The van der Waals surface area contributed by atoms with E-state index in [1.807, 2.05) is 46.8 Å². The number of aryl methyl sites for hydroxylation is 1. The number of carbonyl (C=O) groups excluding carboxylic acids is 1. The minimum absolute atomic E-state index is 0.123. The molecule has 1 fully saturated rings. The second-order valence-electron chi connectivity index (χ2n) is 6.55. The van der Waals surface area contributed by atoms with Gasteiger partial charge in [0.25, 0.3) is 0 Å². The molecule has 1 aliphatic heterocycles. The summed E-state index contributed by atoms with van der Waals surface area (Å²) in [5, 5.41) is 0.641. The third-order valence-electron chi connectivity index (χ3n) is 3.85. The molecule has 0 aliphatic carbocycles. The molecule has 1 unspecified atom stereocenters. The molecule has 1 aromatic carbocycles. The van der Waals surface area contributed by atoms with Gasteiger partial charge in [0.05, 0.1) is 17.1 Å². The summed E-state index contributed by atoms with van der Waals surface area (Å²) < 4.78 is 5.99. The number of hydrogen-bond acceptors (Lipinski definition) is 2.